The molecule has 2 rings (SSSR count). The van der Waals surface area contributed by atoms with E-state index in [1.807, 2.05) is 38.1 Å². The van der Waals surface area contributed by atoms with Gasteiger partial charge in [0, 0.05) is 12.8 Å². The van der Waals surface area contributed by atoms with Crippen LogP contribution in [0.5, 0.6) is 11.5 Å². The second kappa shape index (κ2) is 11.8. The molecule has 2 amide bonds. The minimum atomic E-state index is -0.264. The highest BCUT2D eigenvalue weighted by atomic mass is 16.3. The SMILES string of the molecule is CCc1cc(CCC(=O)NNC(=O)CCc2cc(CC)c(O)c(C(C)(C)C)c2)cc(C(C)(C)C)c1O. The number of hydrazine groups is 1. The Morgan fingerprint density at radius 1 is 0.667 bits per heavy atom. The van der Waals surface area contributed by atoms with Gasteiger partial charge in [-0.05, 0) is 69.9 Å². The van der Waals surface area contributed by atoms with Gasteiger partial charge in [-0.15, -0.1) is 0 Å². The third-order valence-electron chi connectivity index (χ3n) is 6.50. The van der Waals surface area contributed by atoms with E-state index in [2.05, 4.69) is 52.4 Å². The Labute approximate surface area is 216 Å². The molecule has 0 spiro atoms. The summed E-state index contributed by atoms with van der Waals surface area (Å²) in [5.41, 5.74) is 10.1. The van der Waals surface area contributed by atoms with Gasteiger partial charge in [0.1, 0.15) is 11.5 Å². The molecule has 4 N–H and O–H groups in total. The molecule has 198 valence electrons. The van der Waals surface area contributed by atoms with Gasteiger partial charge in [0.15, 0.2) is 0 Å². The smallest absolute Gasteiger partial charge is 0.238 e. The summed E-state index contributed by atoms with van der Waals surface area (Å²) in [6.45, 7) is 16.3. The fraction of sp³-hybridized carbons (Fsp3) is 0.533. The number of phenols is 2. The third kappa shape index (κ3) is 7.74. The lowest BCUT2D eigenvalue weighted by atomic mass is 9.83. The second-order valence-electron chi connectivity index (χ2n) is 11.6. The molecule has 2 aromatic rings. The second-order valence-corrected chi connectivity index (χ2v) is 11.6. The quantitative estimate of drug-likeness (QED) is 0.361. The summed E-state index contributed by atoms with van der Waals surface area (Å²) in [5, 5.41) is 21.1. The Balaban J connectivity index is 1.93. The lowest BCUT2D eigenvalue weighted by molar-refractivity contribution is -0.128. The number of benzene rings is 2. The molecule has 0 bridgehead atoms. The van der Waals surface area contributed by atoms with Crippen molar-refractivity contribution >= 4 is 11.8 Å². The summed E-state index contributed by atoms with van der Waals surface area (Å²) in [7, 11) is 0. The maximum atomic E-state index is 12.4. The van der Waals surface area contributed by atoms with E-state index in [9.17, 15) is 19.8 Å². The monoisotopic (exact) mass is 496 g/mol. The number of amides is 2. The summed E-state index contributed by atoms with van der Waals surface area (Å²) in [6, 6.07) is 7.83. The van der Waals surface area contributed by atoms with Crippen molar-refractivity contribution in [2.24, 2.45) is 0 Å². The number of aryl methyl sites for hydroxylation is 4. The largest absolute Gasteiger partial charge is 0.507 e. The lowest BCUT2D eigenvalue weighted by Gasteiger charge is -2.23. The average Bonchev–Trinajstić information content (AvgIpc) is 2.79. The highest BCUT2D eigenvalue weighted by Crippen LogP contribution is 2.36. The van der Waals surface area contributed by atoms with Crippen LogP contribution in [0, 0.1) is 0 Å². The third-order valence-corrected chi connectivity index (χ3v) is 6.50. The van der Waals surface area contributed by atoms with Crippen LogP contribution in [0.15, 0.2) is 24.3 Å². The molecule has 2 aromatic carbocycles. The van der Waals surface area contributed by atoms with Gasteiger partial charge in [-0.2, -0.15) is 0 Å². The van der Waals surface area contributed by atoms with E-state index in [1.165, 1.54) is 0 Å². The maximum absolute atomic E-state index is 12.4. The van der Waals surface area contributed by atoms with Crippen molar-refractivity contribution in [3.63, 3.8) is 0 Å². The molecule has 0 heterocycles. The fourth-order valence-corrected chi connectivity index (χ4v) is 4.27. The molecule has 0 unspecified atom stereocenters. The van der Waals surface area contributed by atoms with Crippen molar-refractivity contribution in [3.8, 4) is 11.5 Å². The molecule has 0 saturated heterocycles. The molecule has 6 heteroatoms. The first-order chi connectivity index (χ1) is 16.7. The van der Waals surface area contributed by atoms with Crippen molar-refractivity contribution in [3.05, 3.63) is 57.6 Å². The van der Waals surface area contributed by atoms with Gasteiger partial charge in [0.05, 0.1) is 0 Å². The van der Waals surface area contributed by atoms with Gasteiger partial charge in [-0.3, -0.25) is 20.4 Å². The Kier molecular flexibility index (Phi) is 9.58. The Morgan fingerprint density at radius 3 is 1.28 bits per heavy atom. The number of aromatic hydroxyl groups is 2. The minimum Gasteiger partial charge on any atom is -0.507 e. The molecule has 0 atom stereocenters. The van der Waals surface area contributed by atoms with E-state index in [1.54, 1.807) is 0 Å². The Bertz CT molecular complexity index is 1000. The van der Waals surface area contributed by atoms with Crippen LogP contribution in [0.4, 0.5) is 0 Å². The summed E-state index contributed by atoms with van der Waals surface area (Å²) in [6.07, 6.45) is 2.91. The van der Waals surface area contributed by atoms with Crippen molar-refractivity contribution in [1.29, 1.82) is 0 Å². The zero-order chi connectivity index (χ0) is 27.3. The van der Waals surface area contributed by atoms with Gasteiger partial charge < -0.3 is 10.2 Å². The number of carbonyl (C=O) groups excluding carboxylic acids is 2. The van der Waals surface area contributed by atoms with E-state index in [4.69, 9.17) is 0 Å². The van der Waals surface area contributed by atoms with E-state index in [0.717, 1.165) is 33.4 Å². The predicted octanol–water partition coefficient (Wildman–Crippen LogP) is 5.53. The first-order valence-electron chi connectivity index (χ1n) is 13.0. The van der Waals surface area contributed by atoms with E-state index < -0.39 is 0 Å². The fourth-order valence-electron chi connectivity index (χ4n) is 4.27. The van der Waals surface area contributed by atoms with Crippen LogP contribution in [0.1, 0.15) is 102 Å². The van der Waals surface area contributed by atoms with Gasteiger partial charge in [0.2, 0.25) is 11.8 Å². The van der Waals surface area contributed by atoms with E-state index in [-0.39, 0.29) is 35.5 Å². The lowest BCUT2D eigenvalue weighted by Crippen LogP contribution is -2.41. The zero-order valence-electron chi connectivity index (χ0n) is 23.3. The topological polar surface area (TPSA) is 98.7 Å². The molecule has 0 aliphatic carbocycles. The molecular weight excluding hydrogens is 452 g/mol. The number of rotatable bonds is 8. The van der Waals surface area contributed by atoms with Crippen LogP contribution >= 0.6 is 0 Å². The summed E-state index contributed by atoms with van der Waals surface area (Å²) in [5.74, 6) is 0.138. The van der Waals surface area contributed by atoms with Crippen LogP contribution in [-0.2, 0) is 46.1 Å². The van der Waals surface area contributed by atoms with Crippen molar-refractivity contribution in [2.45, 2.75) is 105 Å². The summed E-state index contributed by atoms with van der Waals surface area (Å²) >= 11 is 0. The number of phenolic OH excluding ortho intramolecular Hbond substituents is 2. The van der Waals surface area contributed by atoms with E-state index in [0.29, 0.717) is 37.2 Å². The maximum Gasteiger partial charge on any atom is 0.238 e. The summed E-state index contributed by atoms with van der Waals surface area (Å²) < 4.78 is 0. The normalized spacial score (nSPS) is 11.9. The highest BCUT2D eigenvalue weighted by Gasteiger charge is 2.22. The van der Waals surface area contributed by atoms with Gasteiger partial charge in [-0.25, -0.2) is 0 Å². The minimum absolute atomic E-state index is 0.205. The number of hydrogen-bond acceptors (Lipinski definition) is 4. The van der Waals surface area contributed by atoms with Crippen molar-refractivity contribution in [1.82, 2.24) is 10.9 Å². The zero-order valence-corrected chi connectivity index (χ0v) is 23.3. The molecular formula is C30H44N2O4. The van der Waals surface area contributed by atoms with Crippen LogP contribution in [-0.4, -0.2) is 22.0 Å². The molecule has 36 heavy (non-hydrogen) atoms. The predicted molar refractivity (Wildman–Crippen MR) is 145 cm³/mol. The van der Waals surface area contributed by atoms with Crippen LogP contribution in [0.25, 0.3) is 0 Å². The number of carbonyl (C=O) groups is 2. The van der Waals surface area contributed by atoms with Crippen LogP contribution in [0.3, 0.4) is 0 Å². The molecule has 0 saturated carbocycles. The van der Waals surface area contributed by atoms with Crippen LogP contribution < -0.4 is 10.9 Å². The first kappa shape index (κ1) is 29.2. The number of nitrogens with one attached hydrogen (secondary N) is 2. The molecule has 0 aromatic heterocycles. The average molecular weight is 497 g/mol. The van der Waals surface area contributed by atoms with E-state index >= 15 is 0 Å². The van der Waals surface area contributed by atoms with Crippen molar-refractivity contribution < 1.29 is 19.8 Å². The molecule has 6 nitrogen and oxygen atoms in total. The Morgan fingerprint density at radius 2 is 1.00 bits per heavy atom. The van der Waals surface area contributed by atoms with Gasteiger partial charge in [0.25, 0.3) is 0 Å². The van der Waals surface area contributed by atoms with Gasteiger partial charge >= 0.3 is 0 Å². The molecule has 0 aliphatic heterocycles. The van der Waals surface area contributed by atoms with Crippen LogP contribution in [0.2, 0.25) is 0 Å². The first-order valence-corrected chi connectivity index (χ1v) is 13.0. The standard InChI is InChI=1S/C30H44N2O4/c1-9-21-15-19(17-23(27(21)35)29(3,4)5)11-13-25(33)31-32-26(34)14-12-20-16-22(10-2)28(36)24(18-20)30(6,7)8/h15-18,35-36H,9-14H2,1-8H3,(H,31,33)(H,32,34). The van der Waals surface area contributed by atoms with Crippen molar-refractivity contribution in [2.75, 3.05) is 0 Å². The molecule has 0 fully saturated rings. The van der Waals surface area contributed by atoms with Gasteiger partial charge in [-0.1, -0.05) is 79.7 Å². The molecule has 0 radical (unpaired) electrons. The molecule has 0 aliphatic rings. The number of hydrogen-bond donors (Lipinski definition) is 4. The summed E-state index contributed by atoms with van der Waals surface area (Å²) in [4.78, 5) is 24.7. The Hall–Kier alpha value is -3.02. The highest BCUT2D eigenvalue weighted by molar-refractivity contribution is 5.82.